The number of rotatable bonds is 8. The summed E-state index contributed by atoms with van der Waals surface area (Å²) in [7, 11) is 4.06. The standard InChI is InChI=1S/C23H29N3O4S/c1-25(2)14-19-21(29-15-17-4-3-13-31-17)8-6-18-20(24-30-22(18)19)7-5-16-9-11-26(12-10-16)23(27)28/h3-4,6,8,13,16H,5,7,9-12,14-15H2,1-2H3,(H,27,28). The van der Waals surface area contributed by atoms with E-state index in [1.54, 1.807) is 11.3 Å². The fourth-order valence-corrected chi connectivity index (χ4v) is 4.79. The number of carboxylic acid groups (broad SMARTS) is 1. The number of aromatic nitrogens is 1. The summed E-state index contributed by atoms with van der Waals surface area (Å²) < 4.78 is 11.9. The minimum atomic E-state index is -0.813. The molecule has 0 aliphatic carbocycles. The largest absolute Gasteiger partial charge is 0.488 e. The monoisotopic (exact) mass is 443 g/mol. The van der Waals surface area contributed by atoms with Crippen molar-refractivity contribution in [3.8, 4) is 5.75 Å². The summed E-state index contributed by atoms with van der Waals surface area (Å²) >= 11 is 1.68. The highest BCUT2D eigenvalue weighted by molar-refractivity contribution is 7.09. The number of benzene rings is 1. The number of nitrogens with zero attached hydrogens (tertiary/aromatic N) is 3. The Morgan fingerprint density at radius 3 is 2.81 bits per heavy atom. The Morgan fingerprint density at radius 1 is 1.32 bits per heavy atom. The van der Waals surface area contributed by atoms with Gasteiger partial charge in [0.2, 0.25) is 0 Å². The molecule has 0 bridgehead atoms. The first-order chi connectivity index (χ1) is 15.0. The average Bonchev–Trinajstić information content (AvgIpc) is 3.41. The number of piperidine rings is 1. The number of carbonyl (C=O) groups is 1. The van der Waals surface area contributed by atoms with Gasteiger partial charge in [0.15, 0.2) is 5.58 Å². The summed E-state index contributed by atoms with van der Waals surface area (Å²) in [5.74, 6) is 1.36. The predicted octanol–water partition coefficient (Wildman–Crippen LogP) is 4.85. The van der Waals surface area contributed by atoms with Gasteiger partial charge in [-0.3, -0.25) is 0 Å². The number of ether oxygens (including phenoxy) is 1. The molecule has 0 atom stereocenters. The molecular weight excluding hydrogens is 414 g/mol. The van der Waals surface area contributed by atoms with E-state index in [1.807, 2.05) is 26.2 Å². The van der Waals surface area contributed by atoms with Crippen molar-refractivity contribution in [3.63, 3.8) is 0 Å². The quantitative estimate of drug-likeness (QED) is 0.536. The number of aryl methyl sites for hydroxylation is 1. The second-order valence-electron chi connectivity index (χ2n) is 8.41. The normalized spacial score (nSPS) is 15.1. The van der Waals surface area contributed by atoms with E-state index in [9.17, 15) is 4.79 Å². The first-order valence-corrected chi connectivity index (χ1v) is 11.6. The van der Waals surface area contributed by atoms with E-state index in [0.29, 0.717) is 32.2 Å². The average molecular weight is 444 g/mol. The van der Waals surface area contributed by atoms with Gasteiger partial charge in [0.05, 0.1) is 11.3 Å². The van der Waals surface area contributed by atoms with Gasteiger partial charge < -0.3 is 24.2 Å². The van der Waals surface area contributed by atoms with Gasteiger partial charge in [-0.05, 0) is 69.3 Å². The van der Waals surface area contributed by atoms with E-state index in [-0.39, 0.29) is 0 Å². The lowest BCUT2D eigenvalue weighted by molar-refractivity contribution is 0.123. The third-order valence-corrected chi connectivity index (χ3v) is 6.72. The minimum absolute atomic E-state index is 0.525. The predicted molar refractivity (Wildman–Crippen MR) is 121 cm³/mol. The minimum Gasteiger partial charge on any atom is -0.488 e. The van der Waals surface area contributed by atoms with Gasteiger partial charge in [-0.1, -0.05) is 11.2 Å². The number of hydrogen-bond donors (Lipinski definition) is 1. The van der Waals surface area contributed by atoms with E-state index in [4.69, 9.17) is 14.4 Å². The second kappa shape index (κ2) is 9.70. The van der Waals surface area contributed by atoms with Crippen LogP contribution in [0.2, 0.25) is 0 Å². The lowest BCUT2D eigenvalue weighted by atomic mass is 9.91. The van der Waals surface area contributed by atoms with Gasteiger partial charge in [0, 0.05) is 29.9 Å². The highest BCUT2D eigenvalue weighted by Crippen LogP contribution is 2.33. The highest BCUT2D eigenvalue weighted by Gasteiger charge is 2.23. The zero-order valence-electron chi connectivity index (χ0n) is 18.0. The molecule has 1 N–H and O–H groups in total. The molecule has 0 radical (unpaired) electrons. The third-order valence-electron chi connectivity index (χ3n) is 5.87. The van der Waals surface area contributed by atoms with E-state index in [2.05, 4.69) is 27.6 Å². The smallest absolute Gasteiger partial charge is 0.407 e. The van der Waals surface area contributed by atoms with Crippen LogP contribution in [-0.4, -0.2) is 53.3 Å². The molecule has 8 heteroatoms. The van der Waals surface area contributed by atoms with Crippen molar-refractivity contribution in [1.82, 2.24) is 15.0 Å². The van der Waals surface area contributed by atoms with E-state index in [1.165, 1.54) is 9.78 Å². The van der Waals surface area contributed by atoms with Crippen molar-refractivity contribution < 1.29 is 19.2 Å². The molecule has 3 aromatic rings. The Hall–Kier alpha value is -2.58. The molecule has 1 amide bonds. The molecule has 1 aliphatic heterocycles. The number of amides is 1. The van der Waals surface area contributed by atoms with Gasteiger partial charge >= 0.3 is 6.09 Å². The zero-order chi connectivity index (χ0) is 21.8. The van der Waals surface area contributed by atoms with Crippen molar-refractivity contribution >= 4 is 28.4 Å². The molecule has 3 heterocycles. The van der Waals surface area contributed by atoms with E-state index in [0.717, 1.165) is 53.7 Å². The van der Waals surface area contributed by atoms with Gasteiger partial charge in [-0.15, -0.1) is 11.3 Å². The maximum Gasteiger partial charge on any atom is 0.407 e. The van der Waals surface area contributed by atoms with Gasteiger partial charge in [-0.2, -0.15) is 0 Å². The van der Waals surface area contributed by atoms with Crippen molar-refractivity contribution in [2.45, 2.75) is 38.8 Å². The lowest BCUT2D eigenvalue weighted by Gasteiger charge is -2.29. The third kappa shape index (κ3) is 5.19. The van der Waals surface area contributed by atoms with Crippen LogP contribution in [0.1, 0.15) is 35.4 Å². The van der Waals surface area contributed by atoms with Gasteiger partial charge in [-0.25, -0.2) is 4.79 Å². The Balaban J connectivity index is 1.47. The fraction of sp³-hybridized carbons (Fsp3) is 0.478. The molecule has 2 aromatic heterocycles. The summed E-state index contributed by atoms with van der Waals surface area (Å²) in [5, 5.41) is 16.6. The molecule has 1 aliphatic rings. The summed E-state index contributed by atoms with van der Waals surface area (Å²) in [6.07, 6.45) is 2.84. The molecule has 1 aromatic carbocycles. The molecule has 0 spiro atoms. The number of fused-ring (bicyclic) bond motifs is 1. The molecule has 166 valence electrons. The van der Waals surface area contributed by atoms with Crippen LogP contribution in [0.4, 0.5) is 4.79 Å². The van der Waals surface area contributed by atoms with Gasteiger partial charge in [0.25, 0.3) is 0 Å². The Bertz CT molecular complexity index is 1010. The summed E-state index contributed by atoms with van der Waals surface area (Å²) in [5.41, 5.74) is 2.79. The van der Waals surface area contributed by atoms with Crippen LogP contribution >= 0.6 is 11.3 Å². The van der Waals surface area contributed by atoms with Crippen molar-refractivity contribution in [2.75, 3.05) is 27.2 Å². The zero-order valence-corrected chi connectivity index (χ0v) is 18.9. The number of thiophene rings is 1. The Morgan fingerprint density at radius 2 is 2.13 bits per heavy atom. The van der Waals surface area contributed by atoms with Crippen LogP contribution in [0.15, 0.2) is 34.2 Å². The van der Waals surface area contributed by atoms with Crippen LogP contribution in [0.5, 0.6) is 5.75 Å². The molecule has 1 fully saturated rings. The topological polar surface area (TPSA) is 79.0 Å². The Kier molecular flexibility index (Phi) is 6.77. The molecule has 0 unspecified atom stereocenters. The summed E-state index contributed by atoms with van der Waals surface area (Å²) in [6, 6.07) is 8.18. The van der Waals surface area contributed by atoms with E-state index >= 15 is 0 Å². The van der Waals surface area contributed by atoms with Crippen LogP contribution < -0.4 is 4.74 Å². The van der Waals surface area contributed by atoms with Crippen LogP contribution in [0.3, 0.4) is 0 Å². The molecule has 7 nitrogen and oxygen atoms in total. The SMILES string of the molecule is CN(C)Cc1c(OCc2cccs2)ccc2c(CCC3CCN(C(=O)O)CC3)noc12. The Labute approximate surface area is 186 Å². The fourth-order valence-electron chi connectivity index (χ4n) is 4.17. The van der Waals surface area contributed by atoms with Crippen LogP contribution in [0, 0.1) is 5.92 Å². The van der Waals surface area contributed by atoms with Crippen LogP contribution in [-0.2, 0) is 19.6 Å². The summed E-state index contributed by atoms with van der Waals surface area (Å²) in [4.78, 5) is 15.9. The first kappa shape index (κ1) is 21.6. The maximum absolute atomic E-state index is 11.1. The van der Waals surface area contributed by atoms with Gasteiger partial charge in [0.1, 0.15) is 12.4 Å². The molecule has 31 heavy (non-hydrogen) atoms. The molecule has 1 saturated heterocycles. The van der Waals surface area contributed by atoms with Crippen molar-refractivity contribution in [2.24, 2.45) is 5.92 Å². The second-order valence-corrected chi connectivity index (χ2v) is 9.44. The van der Waals surface area contributed by atoms with Crippen molar-refractivity contribution in [1.29, 1.82) is 0 Å². The highest BCUT2D eigenvalue weighted by atomic mass is 32.1. The maximum atomic E-state index is 11.1. The van der Waals surface area contributed by atoms with Crippen LogP contribution in [0.25, 0.3) is 11.0 Å². The number of hydrogen-bond acceptors (Lipinski definition) is 6. The lowest BCUT2D eigenvalue weighted by Crippen LogP contribution is -2.37. The molecular formula is C23H29N3O4S. The molecule has 4 rings (SSSR count). The number of likely N-dealkylation sites (tertiary alicyclic amines) is 1. The first-order valence-electron chi connectivity index (χ1n) is 10.7. The van der Waals surface area contributed by atoms with Crippen molar-refractivity contribution in [3.05, 3.63) is 45.8 Å². The van der Waals surface area contributed by atoms with E-state index < -0.39 is 6.09 Å². The molecule has 0 saturated carbocycles. The summed E-state index contributed by atoms with van der Waals surface area (Å²) in [6.45, 7) is 2.49.